The fraction of sp³-hybridized carbons (Fsp3) is 0.368. The van der Waals surface area contributed by atoms with Gasteiger partial charge in [0.2, 0.25) is 0 Å². The van der Waals surface area contributed by atoms with Crippen LogP contribution in [-0.4, -0.2) is 37.8 Å². The van der Waals surface area contributed by atoms with Crippen molar-refractivity contribution in [2.45, 2.75) is 19.3 Å². The van der Waals surface area contributed by atoms with Crippen molar-refractivity contribution in [1.29, 1.82) is 0 Å². The van der Waals surface area contributed by atoms with Crippen molar-refractivity contribution < 1.29 is 9.53 Å². The normalized spacial score (nSPS) is 13.6. The molecule has 0 bridgehead atoms. The summed E-state index contributed by atoms with van der Waals surface area (Å²) >= 11 is 0. The lowest BCUT2D eigenvalue weighted by Crippen LogP contribution is -2.31. The molecule has 1 saturated heterocycles. The third kappa shape index (κ3) is 4.41. The molecule has 0 atom stereocenters. The quantitative estimate of drug-likeness (QED) is 0.848. The first kappa shape index (κ1) is 17.1. The van der Waals surface area contributed by atoms with Crippen LogP contribution in [0.2, 0.25) is 0 Å². The SMILES string of the molecule is COc1ccccc1CCNC(=O)Nc1cccnc1N1CCCC1. The zero-order valence-electron chi connectivity index (χ0n) is 14.5. The fourth-order valence-electron chi connectivity index (χ4n) is 3.06. The van der Waals surface area contributed by atoms with Gasteiger partial charge in [0.1, 0.15) is 5.75 Å². The van der Waals surface area contributed by atoms with E-state index in [1.165, 1.54) is 12.8 Å². The van der Waals surface area contributed by atoms with Gasteiger partial charge in [-0.3, -0.25) is 0 Å². The summed E-state index contributed by atoms with van der Waals surface area (Å²) in [6.07, 6.45) is 4.81. The number of anilines is 2. The average Bonchev–Trinajstić information content (AvgIpc) is 3.17. The zero-order chi connectivity index (χ0) is 17.5. The number of benzene rings is 1. The third-order valence-corrected chi connectivity index (χ3v) is 4.31. The summed E-state index contributed by atoms with van der Waals surface area (Å²) in [7, 11) is 1.65. The molecule has 6 heteroatoms. The van der Waals surface area contributed by atoms with Crippen LogP contribution in [0.5, 0.6) is 5.75 Å². The summed E-state index contributed by atoms with van der Waals surface area (Å²) in [5, 5.41) is 5.81. The summed E-state index contributed by atoms with van der Waals surface area (Å²) in [4.78, 5) is 18.9. The van der Waals surface area contributed by atoms with Crippen molar-refractivity contribution in [3.8, 4) is 5.75 Å². The Morgan fingerprint density at radius 1 is 1.20 bits per heavy atom. The van der Waals surface area contributed by atoms with Crippen LogP contribution in [-0.2, 0) is 6.42 Å². The summed E-state index contributed by atoms with van der Waals surface area (Å²) in [6.45, 7) is 2.51. The van der Waals surface area contributed by atoms with E-state index < -0.39 is 0 Å². The summed E-state index contributed by atoms with van der Waals surface area (Å²) in [5.41, 5.74) is 1.82. The lowest BCUT2D eigenvalue weighted by Gasteiger charge is -2.20. The van der Waals surface area contributed by atoms with Crippen LogP contribution in [0.3, 0.4) is 0 Å². The van der Waals surface area contributed by atoms with Crippen LogP contribution in [0, 0.1) is 0 Å². The standard InChI is InChI=1S/C19H24N4O2/c1-25-17-9-3-2-7-15(17)10-12-21-19(24)22-16-8-6-11-20-18(16)23-13-4-5-14-23/h2-3,6-9,11H,4-5,10,12-14H2,1H3,(H2,21,22,24). The van der Waals surface area contributed by atoms with E-state index in [1.807, 2.05) is 36.4 Å². The largest absolute Gasteiger partial charge is 0.496 e. The Hall–Kier alpha value is -2.76. The second kappa shape index (κ2) is 8.37. The van der Waals surface area contributed by atoms with Gasteiger partial charge >= 0.3 is 6.03 Å². The Morgan fingerprint density at radius 2 is 2.00 bits per heavy atom. The minimum absolute atomic E-state index is 0.219. The molecule has 1 aromatic heterocycles. The number of amides is 2. The second-order valence-electron chi connectivity index (χ2n) is 6.01. The highest BCUT2D eigenvalue weighted by molar-refractivity contribution is 5.92. The van der Waals surface area contributed by atoms with E-state index in [4.69, 9.17) is 4.74 Å². The molecule has 2 aromatic rings. The highest BCUT2D eigenvalue weighted by Crippen LogP contribution is 2.25. The van der Waals surface area contributed by atoms with Gasteiger partial charge < -0.3 is 20.3 Å². The maximum absolute atomic E-state index is 12.2. The summed E-state index contributed by atoms with van der Waals surface area (Å²) in [5.74, 6) is 1.69. The number of ether oxygens (including phenoxy) is 1. The molecular formula is C19H24N4O2. The number of carbonyl (C=O) groups is 1. The average molecular weight is 340 g/mol. The summed E-state index contributed by atoms with van der Waals surface area (Å²) < 4.78 is 5.33. The van der Waals surface area contributed by atoms with Crippen molar-refractivity contribution in [1.82, 2.24) is 10.3 Å². The van der Waals surface area contributed by atoms with Gasteiger partial charge in [0.25, 0.3) is 0 Å². The third-order valence-electron chi connectivity index (χ3n) is 4.31. The number of hydrogen-bond donors (Lipinski definition) is 2. The molecule has 1 fully saturated rings. The molecule has 132 valence electrons. The van der Waals surface area contributed by atoms with Crippen LogP contribution in [0.4, 0.5) is 16.3 Å². The van der Waals surface area contributed by atoms with E-state index >= 15 is 0 Å². The molecule has 3 rings (SSSR count). The van der Waals surface area contributed by atoms with Gasteiger partial charge in [-0.25, -0.2) is 9.78 Å². The van der Waals surface area contributed by atoms with Gasteiger partial charge in [-0.15, -0.1) is 0 Å². The Balaban J connectivity index is 1.55. The molecule has 0 aliphatic carbocycles. The zero-order valence-corrected chi connectivity index (χ0v) is 14.5. The first-order valence-electron chi connectivity index (χ1n) is 8.64. The molecule has 25 heavy (non-hydrogen) atoms. The smallest absolute Gasteiger partial charge is 0.319 e. The van der Waals surface area contributed by atoms with Gasteiger partial charge in [0, 0.05) is 25.8 Å². The Labute approximate surface area is 148 Å². The number of nitrogens with zero attached hydrogens (tertiary/aromatic N) is 2. The lowest BCUT2D eigenvalue weighted by molar-refractivity contribution is 0.252. The van der Waals surface area contributed by atoms with Crippen LogP contribution in [0.1, 0.15) is 18.4 Å². The minimum Gasteiger partial charge on any atom is -0.496 e. The Kier molecular flexibility index (Phi) is 5.72. The predicted octanol–water partition coefficient (Wildman–Crippen LogP) is 3.05. The molecule has 0 spiro atoms. The number of carbonyl (C=O) groups excluding carboxylic acids is 1. The lowest BCUT2D eigenvalue weighted by atomic mass is 10.1. The van der Waals surface area contributed by atoms with Crippen molar-refractivity contribution in [3.05, 3.63) is 48.2 Å². The van der Waals surface area contributed by atoms with Crippen LogP contribution >= 0.6 is 0 Å². The van der Waals surface area contributed by atoms with Crippen LogP contribution in [0.15, 0.2) is 42.6 Å². The van der Waals surface area contributed by atoms with Gasteiger partial charge in [0.15, 0.2) is 5.82 Å². The maximum Gasteiger partial charge on any atom is 0.319 e. The number of nitrogens with one attached hydrogen (secondary N) is 2. The van der Waals surface area contributed by atoms with E-state index in [9.17, 15) is 4.79 Å². The number of para-hydroxylation sites is 1. The monoisotopic (exact) mass is 340 g/mol. The summed E-state index contributed by atoms with van der Waals surface area (Å²) in [6, 6.07) is 11.3. The van der Waals surface area contributed by atoms with E-state index in [0.29, 0.717) is 13.0 Å². The molecule has 0 saturated carbocycles. The molecule has 2 N–H and O–H groups in total. The van der Waals surface area contributed by atoms with Crippen LogP contribution < -0.4 is 20.3 Å². The van der Waals surface area contributed by atoms with Crippen molar-refractivity contribution in [2.24, 2.45) is 0 Å². The molecular weight excluding hydrogens is 316 g/mol. The fourth-order valence-corrected chi connectivity index (χ4v) is 3.06. The Morgan fingerprint density at radius 3 is 2.80 bits per heavy atom. The maximum atomic E-state index is 12.2. The van der Waals surface area contributed by atoms with Crippen molar-refractivity contribution in [3.63, 3.8) is 0 Å². The molecule has 2 heterocycles. The van der Waals surface area contributed by atoms with Crippen molar-refractivity contribution in [2.75, 3.05) is 37.0 Å². The van der Waals surface area contributed by atoms with Crippen molar-refractivity contribution >= 4 is 17.5 Å². The first-order chi connectivity index (χ1) is 12.3. The van der Waals surface area contributed by atoms with E-state index in [2.05, 4.69) is 20.5 Å². The molecule has 1 aromatic carbocycles. The van der Waals surface area contributed by atoms with Gasteiger partial charge in [-0.05, 0) is 43.0 Å². The number of aromatic nitrogens is 1. The number of urea groups is 1. The van der Waals surface area contributed by atoms with Gasteiger partial charge in [-0.2, -0.15) is 0 Å². The molecule has 0 radical (unpaired) electrons. The molecule has 6 nitrogen and oxygen atoms in total. The topological polar surface area (TPSA) is 66.5 Å². The van der Waals surface area contributed by atoms with Crippen LogP contribution in [0.25, 0.3) is 0 Å². The number of rotatable bonds is 6. The number of pyridine rings is 1. The van der Waals surface area contributed by atoms with E-state index in [0.717, 1.165) is 35.9 Å². The highest BCUT2D eigenvalue weighted by Gasteiger charge is 2.17. The van der Waals surface area contributed by atoms with Gasteiger partial charge in [0.05, 0.1) is 12.8 Å². The first-order valence-corrected chi connectivity index (χ1v) is 8.64. The second-order valence-corrected chi connectivity index (χ2v) is 6.01. The molecule has 1 aliphatic rings. The number of hydrogen-bond acceptors (Lipinski definition) is 4. The molecule has 0 unspecified atom stereocenters. The molecule has 1 aliphatic heterocycles. The highest BCUT2D eigenvalue weighted by atomic mass is 16.5. The van der Waals surface area contributed by atoms with E-state index in [-0.39, 0.29) is 6.03 Å². The van der Waals surface area contributed by atoms with E-state index in [1.54, 1.807) is 13.3 Å². The number of methoxy groups -OCH3 is 1. The molecule has 2 amide bonds. The van der Waals surface area contributed by atoms with Gasteiger partial charge in [-0.1, -0.05) is 18.2 Å². The Bertz CT molecular complexity index is 714. The predicted molar refractivity (Wildman–Crippen MR) is 99.4 cm³/mol. The minimum atomic E-state index is -0.219.